The highest BCUT2D eigenvalue weighted by Gasteiger charge is 2.18. The molecule has 3 N–H and O–H groups in total. The van der Waals surface area contributed by atoms with E-state index in [4.69, 9.17) is 5.73 Å². The summed E-state index contributed by atoms with van der Waals surface area (Å²) in [6, 6.07) is 4.31. The molecule has 106 valence electrons. The highest BCUT2D eigenvalue weighted by atomic mass is 35.5. The van der Waals surface area contributed by atoms with Crippen molar-refractivity contribution < 1.29 is 9.72 Å². The van der Waals surface area contributed by atoms with E-state index in [0.29, 0.717) is 11.3 Å². The van der Waals surface area contributed by atoms with E-state index >= 15 is 0 Å². The van der Waals surface area contributed by atoms with Crippen LogP contribution < -0.4 is 11.1 Å². The zero-order valence-corrected chi connectivity index (χ0v) is 11.9. The summed E-state index contributed by atoms with van der Waals surface area (Å²) in [5.74, 6) is -0.603. The fraction of sp³-hybridized carbons (Fsp3) is 0.417. The average Bonchev–Trinajstić information content (AvgIpc) is 2.29. The van der Waals surface area contributed by atoms with Gasteiger partial charge in [0.25, 0.3) is 5.69 Å². The molecule has 2 atom stereocenters. The van der Waals surface area contributed by atoms with Gasteiger partial charge in [0.1, 0.15) is 0 Å². The van der Waals surface area contributed by atoms with Crippen LogP contribution in [0.5, 0.6) is 0 Å². The number of anilines is 1. The molecule has 1 aromatic carbocycles. The topological polar surface area (TPSA) is 98.3 Å². The Morgan fingerprint density at radius 3 is 2.47 bits per heavy atom. The highest BCUT2D eigenvalue weighted by molar-refractivity contribution is 5.93. The smallest absolute Gasteiger partial charge is 0.274 e. The maximum atomic E-state index is 11.8. The van der Waals surface area contributed by atoms with Gasteiger partial charge in [-0.25, -0.2) is 0 Å². The average molecular weight is 288 g/mol. The van der Waals surface area contributed by atoms with Crippen LogP contribution in [0.2, 0.25) is 0 Å². The minimum atomic E-state index is -0.472. The van der Waals surface area contributed by atoms with Crippen molar-refractivity contribution in [3.63, 3.8) is 0 Å². The van der Waals surface area contributed by atoms with Gasteiger partial charge in [-0.05, 0) is 19.9 Å². The van der Waals surface area contributed by atoms with Crippen molar-refractivity contribution >= 4 is 29.7 Å². The first-order chi connectivity index (χ1) is 8.32. The van der Waals surface area contributed by atoms with Gasteiger partial charge in [-0.15, -0.1) is 12.4 Å². The number of nitrogens with one attached hydrogen (secondary N) is 1. The van der Waals surface area contributed by atoms with Crippen LogP contribution in [0.1, 0.15) is 19.4 Å². The first-order valence-corrected chi connectivity index (χ1v) is 5.64. The molecule has 0 bridgehead atoms. The predicted octanol–water partition coefficient (Wildman–Crippen LogP) is 2.25. The number of nitrogens with two attached hydrogens (primary N) is 1. The van der Waals surface area contributed by atoms with E-state index < -0.39 is 4.92 Å². The van der Waals surface area contributed by atoms with Crippen molar-refractivity contribution in [2.24, 2.45) is 11.7 Å². The van der Waals surface area contributed by atoms with Crippen molar-refractivity contribution in [2.45, 2.75) is 26.8 Å². The molecule has 0 aromatic heterocycles. The molecule has 0 radical (unpaired) electrons. The molecule has 0 fully saturated rings. The van der Waals surface area contributed by atoms with Crippen molar-refractivity contribution in [1.29, 1.82) is 0 Å². The Morgan fingerprint density at radius 1 is 1.42 bits per heavy atom. The Bertz CT molecular complexity index is 477. The number of halogens is 1. The number of nitro benzene ring substituents is 1. The summed E-state index contributed by atoms with van der Waals surface area (Å²) in [6.45, 7) is 5.10. The SMILES string of the molecule is Cc1ccc(NC(=O)C(C)C(C)N)cc1[N+](=O)[O-].Cl. The number of carbonyl (C=O) groups is 1. The van der Waals surface area contributed by atoms with E-state index in [2.05, 4.69) is 5.32 Å². The van der Waals surface area contributed by atoms with Gasteiger partial charge in [-0.2, -0.15) is 0 Å². The predicted molar refractivity (Wildman–Crippen MR) is 76.5 cm³/mol. The van der Waals surface area contributed by atoms with Crippen molar-refractivity contribution in [2.75, 3.05) is 5.32 Å². The largest absolute Gasteiger partial charge is 0.327 e. The number of hydrogen-bond acceptors (Lipinski definition) is 4. The number of nitro groups is 1. The van der Waals surface area contributed by atoms with E-state index in [1.807, 2.05) is 0 Å². The van der Waals surface area contributed by atoms with Crippen LogP contribution in [0.4, 0.5) is 11.4 Å². The van der Waals surface area contributed by atoms with Gasteiger partial charge < -0.3 is 11.1 Å². The second kappa shape index (κ2) is 7.06. The molecule has 0 saturated heterocycles. The molecule has 1 rings (SSSR count). The van der Waals surface area contributed by atoms with Crippen LogP contribution in [0.25, 0.3) is 0 Å². The third kappa shape index (κ3) is 4.50. The van der Waals surface area contributed by atoms with Crippen LogP contribution in [0.3, 0.4) is 0 Å². The second-order valence-electron chi connectivity index (χ2n) is 4.40. The van der Waals surface area contributed by atoms with Crippen LogP contribution in [-0.2, 0) is 4.79 Å². The standard InChI is InChI=1S/C12H17N3O3.ClH/c1-7-4-5-10(6-11(7)15(17)18)14-12(16)8(2)9(3)13;/h4-6,8-9H,13H2,1-3H3,(H,14,16);1H. The second-order valence-corrected chi connectivity index (χ2v) is 4.40. The fourth-order valence-electron chi connectivity index (χ4n) is 1.38. The molecule has 0 aliphatic heterocycles. The Morgan fingerprint density at radius 2 is 2.00 bits per heavy atom. The Kier molecular flexibility index (Phi) is 6.44. The minimum absolute atomic E-state index is 0. The van der Waals surface area contributed by atoms with Gasteiger partial charge >= 0.3 is 0 Å². The molecule has 0 saturated carbocycles. The van der Waals surface area contributed by atoms with Gasteiger partial charge in [0.2, 0.25) is 5.91 Å². The van der Waals surface area contributed by atoms with E-state index in [9.17, 15) is 14.9 Å². The normalized spacial score (nSPS) is 13.1. The third-order valence-electron chi connectivity index (χ3n) is 2.88. The Hall–Kier alpha value is -1.66. The zero-order valence-electron chi connectivity index (χ0n) is 11.0. The zero-order chi connectivity index (χ0) is 13.9. The number of rotatable bonds is 4. The van der Waals surface area contributed by atoms with Crippen molar-refractivity contribution in [1.82, 2.24) is 0 Å². The molecule has 1 aromatic rings. The maximum Gasteiger partial charge on any atom is 0.274 e. The molecule has 0 spiro atoms. The summed E-state index contributed by atoms with van der Waals surface area (Å²) >= 11 is 0. The van der Waals surface area contributed by atoms with E-state index in [0.717, 1.165) is 0 Å². The van der Waals surface area contributed by atoms with Crippen LogP contribution in [0.15, 0.2) is 18.2 Å². The lowest BCUT2D eigenvalue weighted by Crippen LogP contribution is -2.34. The molecule has 1 amide bonds. The van der Waals surface area contributed by atoms with E-state index in [1.54, 1.807) is 32.9 Å². The minimum Gasteiger partial charge on any atom is -0.327 e. The van der Waals surface area contributed by atoms with Crippen molar-refractivity contribution in [3.05, 3.63) is 33.9 Å². The van der Waals surface area contributed by atoms with Crippen LogP contribution in [-0.4, -0.2) is 16.9 Å². The maximum absolute atomic E-state index is 11.8. The summed E-state index contributed by atoms with van der Waals surface area (Å²) in [5.41, 5.74) is 6.57. The number of nitrogens with zero attached hydrogens (tertiary/aromatic N) is 1. The lowest BCUT2D eigenvalue weighted by molar-refractivity contribution is -0.385. The third-order valence-corrected chi connectivity index (χ3v) is 2.88. The molecule has 0 aliphatic carbocycles. The summed E-state index contributed by atoms with van der Waals surface area (Å²) in [4.78, 5) is 22.1. The number of aryl methyl sites for hydroxylation is 1. The van der Waals surface area contributed by atoms with Gasteiger partial charge in [0, 0.05) is 23.4 Å². The fourth-order valence-corrected chi connectivity index (χ4v) is 1.38. The van der Waals surface area contributed by atoms with E-state index in [1.165, 1.54) is 6.07 Å². The first kappa shape index (κ1) is 17.3. The van der Waals surface area contributed by atoms with Crippen LogP contribution in [0, 0.1) is 23.0 Å². The first-order valence-electron chi connectivity index (χ1n) is 5.64. The number of amides is 1. The summed E-state index contributed by atoms with van der Waals surface area (Å²) in [6.07, 6.45) is 0. The van der Waals surface area contributed by atoms with Gasteiger partial charge in [-0.1, -0.05) is 13.0 Å². The van der Waals surface area contributed by atoms with Gasteiger partial charge in [0.05, 0.1) is 10.8 Å². The lowest BCUT2D eigenvalue weighted by Gasteiger charge is -2.15. The van der Waals surface area contributed by atoms with E-state index in [-0.39, 0.29) is 36.0 Å². The molecule has 7 heteroatoms. The molecular weight excluding hydrogens is 270 g/mol. The Balaban J connectivity index is 0.00000324. The Labute approximate surface area is 117 Å². The molecule has 0 aliphatic rings. The molecular formula is C12H18ClN3O3. The number of benzene rings is 1. The molecule has 19 heavy (non-hydrogen) atoms. The monoisotopic (exact) mass is 287 g/mol. The van der Waals surface area contributed by atoms with Gasteiger partial charge in [0.15, 0.2) is 0 Å². The molecule has 6 nitrogen and oxygen atoms in total. The summed E-state index contributed by atoms with van der Waals surface area (Å²) in [7, 11) is 0. The summed E-state index contributed by atoms with van der Waals surface area (Å²) in [5, 5.41) is 13.4. The summed E-state index contributed by atoms with van der Waals surface area (Å²) < 4.78 is 0. The van der Waals surface area contributed by atoms with Crippen molar-refractivity contribution in [3.8, 4) is 0 Å². The molecule has 0 heterocycles. The highest BCUT2D eigenvalue weighted by Crippen LogP contribution is 2.22. The number of hydrogen-bond donors (Lipinski definition) is 2. The quantitative estimate of drug-likeness (QED) is 0.655. The lowest BCUT2D eigenvalue weighted by atomic mass is 10.0. The van der Waals surface area contributed by atoms with Gasteiger partial charge in [-0.3, -0.25) is 14.9 Å². The number of carbonyl (C=O) groups excluding carboxylic acids is 1. The molecule has 2 unspecified atom stereocenters. The van der Waals surface area contributed by atoms with Crippen LogP contribution >= 0.6 is 12.4 Å².